The molecule has 0 saturated carbocycles. The highest BCUT2D eigenvalue weighted by Crippen LogP contribution is 1.96. The number of ether oxygens (including phenoxy) is 1. The molecule has 0 atom stereocenters. The first kappa shape index (κ1) is 11.4. The van der Waals surface area contributed by atoms with E-state index in [1.165, 1.54) is 13.3 Å². The lowest BCUT2D eigenvalue weighted by Gasteiger charge is -2.08. The van der Waals surface area contributed by atoms with Gasteiger partial charge in [0.1, 0.15) is 0 Å². The highest BCUT2D eigenvalue weighted by Gasteiger charge is 1.93. The van der Waals surface area contributed by atoms with Crippen LogP contribution < -0.4 is 0 Å². The van der Waals surface area contributed by atoms with Crippen LogP contribution in [0.25, 0.3) is 0 Å². The fourth-order valence-electron chi connectivity index (χ4n) is 0.923. The molecular weight excluding hydrogens is 154 g/mol. The van der Waals surface area contributed by atoms with Crippen molar-refractivity contribution in [1.29, 1.82) is 0 Å². The Kier molecular flexibility index (Phi) is 6.76. The van der Waals surface area contributed by atoms with Gasteiger partial charge in [-0.05, 0) is 39.9 Å². The van der Waals surface area contributed by atoms with Crippen molar-refractivity contribution in [3.05, 3.63) is 0 Å². The van der Waals surface area contributed by atoms with Crippen molar-refractivity contribution in [2.45, 2.75) is 26.2 Å². The van der Waals surface area contributed by atoms with E-state index in [1.807, 2.05) is 0 Å². The van der Waals surface area contributed by atoms with Gasteiger partial charge in [-0.25, -0.2) is 0 Å². The number of nitrogens with zero attached hydrogens (tertiary/aromatic N) is 1. The summed E-state index contributed by atoms with van der Waals surface area (Å²) in [4.78, 5) is 12.5. The van der Waals surface area contributed by atoms with Crippen LogP contribution in [0.5, 0.6) is 0 Å². The van der Waals surface area contributed by atoms with Gasteiger partial charge >= 0.3 is 5.97 Å². The molecule has 3 nitrogen and oxygen atoms in total. The lowest BCUT2D eigenvalue weighted by molar-refractivity contribution is -0.141. The monoisotopic (exact) mass is 173 g/mol. The molecule has 0 aromatic heterocycles. The van der Waals surface area contributed by atoms with Crippen molar-refractivity contribution in [3.8, 4) is 0 Å². The minimum absolute atomic E-state index is 0.178. The van der Waals surface area contributed by atoms with Gasteiger partial charge in [-0.2, -0.15) is 0 Å². The highest BCUT2D eigenvalue weighted by atomic mass is 16.5. The van der Waals surface area contributed by atoms with Gasteiger partial charge in [0.15, 0.2) is 0 Å². The van der Waals surface area contributed by atoms with Crippen molar-refractivity contribution in [2.24, 2.45) is 0 Å². The summed E-state index contributed by atoms with van der Waals surface area (Å²) in [6, 6.07) is 0. The largest absolute Gasteiger partial charge is 0.466 e. The third-order valence-corrected chi connectivity index (χ3v) is 1.55. The third-order valence-electron chi connectivity index (χ3n) is 1.55. The van der Waals surface area contributed by atoms with E-state index in [0.29, 0.717) is 6.61 Å². The van der Waals surface area contributed by atoms with Gasteiger partial charge in [-0.3, -0.25) is 4.79 Å². The van der Waals surface area contributed by atoms with E-state index in [1.54, 1.807) is 0 Å². The molecule has 0 aliphatic carbocycles. The van der Waals surface area contributed by atoms with Gasteiger partial charge in [0.25, 0.3) is 0 Å². The Hall–Kier alpha value is -0.570. The zero-order valence-electron chi connectivity index (χ0n) is 8.30. The maximum atomic E-state index is 10.4. The molecule has 0 radical (unpaired) electrons. The van der Waals surface area contributed by atoms with Crippen LogP contribution in [0, 0.1) is 0 Å². The van der Waals surface area contributed by atoms with Crippen LogP contribution in [-0.4, -0.2) is 38.1 Å². The molecule has 12 heavy (non-hydrogen) atoms. The van der Waals surface area contributed by atoms with Crippen LogP contribution in [-0.2, 0) is 9.53 Å². The third kappa shape index (κ3) is 9.43. The molecule has 3 heteroatoms. The van der Waals surface area contributed by atoms with E-state index < -0.39 is 0 Å². The Morgan fingerprint density at radius 1 is 1.25 bits per heavy atom. The van der Waals surface area contributed by atoms with Crippen LogP contribution in [0.2, 0.25) is 0 Å². The van der Waals surface area contributed by atoms with Crippen LogP contribution in [0.3, 0.4) is 0 Å². The smallest absolute Gasteiger partial charge is 0.302 e. The molecule has 0 N–H and O–H groups in total. The molecule has 0 bridgehead atoms. The quantitative estimate of drug-likeness (QED) is 0.447. The SMILES string of the molecule is CC(=O)OCCCCCN(C)C. The van der Waals surface area contributed by atoms with Gasteiger partial charge < -0.3 is 9.64 Å². The highest BCUT2D eigenvalue weighted by molar-refractivity contribution is 5.65. The van der Waals surface area contributed by atoms with Crippen molar-refractivity contribution in [3.63, 3.8) is 0 Å². The molecule has 0 unspecified atom stereocenters. The average Bonchev–Trinajstić information content (AvgIpc) is 1.95. The van der Waals surface area contributed by atoms with Gasteiger partial charge in [-0.15, -0.1) is 0 Å². The maximum Gasteiger partial charge on any atom is 0.302 e. The first-order chi connectivity index (χ1) is 5.63. The lowest BCUT2D eigenvalue weighted by Crippen LogP contribution is -2.13. The summed E-state index contributed by atoms with van der Waals surface area (Å²) in [5.41, 5.74) is 0. The molecular formula is C9H19NO2. The van der Waals surface area contributed by atoms with Crippen LogP contribution in [0.4, 0.5) is 0 Å². The minimum Gasteiger partial charge on any atom is -0.466 e. The van der Waals surface area contributed by atoms with E-state index in [2.05, 4.69) is 19.0 Å². The second kappa shape index (κ2) is 7.10. The lowest BCUT2D eigenvalue weighted by atomic mass is 10.2. The second-order valence-corrected chi connectivity index (χ2v) is 3.20. The number of hydrogen-bond acceptors (Lipinski definition) is 3. The number of unbranched alkanes of at least 4 members (excludes halogenated alkanes) is 2. The molecule has 0 aromatic carbocycles. The number of esters is 1. The van der Waals surface area contributed by atoms with Crippen LogP contribution >= 0.6 is 0 Å². The summed E-state index contributed by atoms with van der Waals surface area (Å²) >= 11 is 0. The molecule has 0 spiro atoms. The van der Waals surface area contributed by atoms with E-state index in [-0.39, 0.29) is 5.97 Å². The van der Waals surface area contributed by atoms with Crippen molar-refractivity contribution < 1.29 is 9.53 Å². The Bertz CT molecular complexity index is 124. The molecule has 0 aliphatic rings. The molecule has 0 amide bonds. The van der Waals surface area contributed by atoms with Gasteiger partial charge in [0.2, 0.25) is 0 Å². The van der Waals surface area contributed by atoms with E-state index >= 15 is 0 Å². The van der Waals surface area contributed by atoms with Crippen molar-refractivity contribution in [1.82, 2.24) is 4.90 Å². The summed E-state index contributed by atoms with van der Waals surface area (Å²) in [5, 5.41) is 0. The first-order valence-electron chi connectivity index (χ1n) is 4.41. The van der Waals surface area contributed by atoms with Gasteiger partial charge in [0, 0.05) is 6.92 Å². The average molecular weight is 173 g/mol. The maximum absolute atomic E-state index is 10.4. The molecule has 0 rings (SSSR count). The summed E-state index contributed by atoms with van der Waals surface area (Å²) in [6.07, 6.45) is 3.28. The molecule has 0 saturated heterocycles. The predicted octanol–water partition coefficient (Wildman–Crippen LogP) is 1.28. The standard InChI is InChI=1S/C9H19NO2/c1-9(11)12-8-6-4-5-7-10(2)3/h4-8H2,1-3H3. The molecule has 0 aliphatic heterocycles. The van der Waals surface area contributed by atoms with Gasteiger partial charge in [0.05, 0.1) is 6.61 Å². The zero-order valence-corrected chi connectivity index (χ0v) is 8.30. The summed E-state index contributed by atoms with van der Waals surface area (Å²) < 4.78 is 4.80. The number of hydrogen-bond donors (Lipinski definition) is 0. The Labute approximate surface area is 74.7 Å². The fourth-order valence-corrected chi connectivity index (χ4v) is 0.923. The number of carbonyl (C=O) groups is 1. The number of rotatable bonds is 6. The van der Waals surface area contributed by atoms with E-state index in [4.69, 9.17) is 4.74 Å². The topological polar surface area (TPSA) is 29.5 Å². The first-order valence-corrected chi connectivity index (χ1v) is 4.41. The predicted molar refractivity (Wildman–Crippen MR) is 49.0 cm³/mol. The molecule has 0 aromatic rings. The Morgan fingerprint density at radius 2 is 1.92 bits per heavy atom. The number of carbonyl (C=O) groups excluding carboxylic acids is 1. The second-order valence-electron chi connectivity index (χ2n) is 3.20. The van der Waals surface area contributed by atoms with E-state index in [0.717, 1.165) is 19.4 Å². The fraction of sp³-hybridized carbons (Fsp3) is 0.889. The van der Waals surface area contributed by atoms with Crippen molar-refractivity contribution in [2.75, 3.05) is 27.2 Å². The summed E-state index contributed by atoms with van der Waals surface area (Å²) in [5.74, 6) is -0.178. The summed E-state index contributed by atoms with van der Waals surface area (Å²) in [6.45, 7) is 3.13. The van der Waals surface area contributed by atoms with Crippen molar-refractivity contribution >= 4 is 5.97 Å². The minimum atomic E-state index is -0.178. The molecule has 0 fully saturated rings. The van der Waals surface area contributed by atoms with Crippen LogP contribution in [0.15, 0.2) is 0 Å². The normalized spacial score (nSPS) is 10.3. The van der Waals surface area contributed by atoms with E-state index in [9.17, 15) is 4.79 Å². The molecule has 72 valence electrons. The Balaban J connectivity index is 2.96. The molecule has 0 heterocycles. The zero-order chi connectivity index (χ0) is 9.40. The van der Waals surface area contributed by atoms with Crippen LogP contribution in [0.1, 0.15) is 26.2 Å². The Morgan fingerprint density at radius 3 is 2.42 bits per heavy atom. The summed E-state index contributed by atoms with van der Waals surface area (Å²) in [7, 11) is 4.12. The van der Waals surface area contributed by atoms with Gasteiger partial charge in [-0.1, -0.05) is 0 Å².